The van der Waals surface area contributed by atoms with E-state index < -0.39 is 0 Å². The van der Waals surface area contributed by atoms with Crippen molar-refractivity contribution in [2.75, 3.05) is 52.4 Å². The standard InChI is InChI=1S/C18H37N3/c1-17(2,3)7-8-20-14-16(15-20)13-19-9-11-21(12-10-19)18(4,5)6/h16H,7-15H2,1-6H3. The molecule has 2 fully saturated rings. The van der Waals surface area contributed by atoms with Crippen LogP contribution in [0.25, 0.3) is 0 Å². The summed E-state index contributed by atoms with van der Waals surface area (Å²) >= 11 is 0. The van der Waals surface area contributed by atoms with E-state index in [4.69, 9.17) is 0 Å². The lowest BCUT2D eigenvalue weighted by Crippen LogP contribution is -2.57. The molecule has 2 saturated heterocycles. The molecule has 2 heterocycles. The number of hydrogen-bond acceptors (Lipinski definition) is 3. The van der Waals surface area contributed by atoms with E-state index in [1.165, 1.54) is 58.8 Å². The van der Waals surface area contributed by atoms with Gasteiger partial charge in [0.05, 0.1) is 0 Å². The van der Waals surface area contributed by atoms with Gasteiger partial charge in [-0.2, -0.15) is 0 Å². The zero-order valence-electron chi connectivity index (χ0n) is 15.3. The van der Waals surface area contributed by atoms with Gasteiger partial charge in [0, 0.05) is 51.4 Å². The molecule has 0 atom stereocenters. The van der Waals surface area contributed by atoms with Crippen molar-refractivity contribution in [3.8, 4) is 0 Å². The second-order valence-electron chi connectivity index (χ2n) is 9.39. The van der Waals surface area contributed by atoms with Gasteiger partial charge in [0.1, 0.15) is 0 Å². The van der Waals surface area contributed by atoms with Crippen LogP contribution in [0.4, 0.5) is 0 Å². The Morgan fingerprint density at radius 1 is 0.810 bits per heavy atom. The maximum absolute atomic E-state index is 2.69. The summed E-state index contributed by atoms with van der Waals surface area (Å²) in [6.45, 7) is 24.3. The van der Waals surface area contributed by atoms with E-state index >= 15 is 0 Å². The number of rotatable bonds is 4. The summed E-state index contributed by atoms with van der Waals surface area (Å²) < 4.78 is 0. The lowest BCUT2D eigenvalue weighted by atomic mass is 9.90. The molecule has 0 amide bonds. The van der Waals surface area contributed by atoms with Crippen molar-refractivity contribution in [1.29, 1.82) is 0 Å². The first-order chi connectivity index (χ1) is 9.63. The SMILES string of the molecule is CC(C)(C)CCN1CC(CN2CCN(C(C)(C)C)CC2)C1. The average Bonchev–Trinajstić information content (AvgIpc) is 2.30. The van der Waals surface area contributed by atoms with E-state index in [-0.39, 0.29) is 0 Å². The normalized spacial score (nSPS) is 24.3. The van der Waals surface area contributed by atoms with Crippen LogP contribution in [-0.4, -0.2) is 72.6 Å². The van der Waals surface area contributed by atoms with E-state index in [2.05, 4.69) is 56.2 Å². The maximum atomic E-state index is 2.69. The second kappa shape index (κ2) is 6.55. The van der Waals surface area contributed by atoms with E-state index in [0.717, 1.165) is 5.92 Å². The Labute approximate surface area is 132 Å². The molecule has 0 aromatic carbocycles. The van der Waals surface area contributed by atoms with Crippen LogP contribution in [0, 0.1) is 11.3 Å². The largest absolute Gasteiger partial charge is 0.303 e. The number of hydrogen-bond donors (Lipinski definition) is 0. The molecule has 0 saturated carbocycles. The Kier molecular flexibility index (Phi) is 5.38. The molecule has 0 spiro atoms. The number of piperazine rings is 1. The molecule has 0 radical (unpaired) electrons. The Morgan fingerprint density at radius 3 is 1.86 bits per heavy atom. The first-order valence-corrected chi connectivity index (χ1v) is 8.83. The van der Waals surface area contributed by atoms with Gasteiger partial charge in [0.15, 0.2) is 0 Å². The fraction of sp³-hybridized carbons (Fsp3) is 1.00. The number of likely N-dealkylation sites (tertiary alicyclic amines) is 1. The van der Waals surface area contributed by atoms with Crippen LogP contribution in [0.1, 0.15) is 48.0 Å². The average molecular weight is 296 g/mol. The van der Waals surface area contributed by atoms with E-state index in [9.17, 15) is 0 Å². The van der Waals surface area contributed by atoms with Gasteiger partial charge in [-0.3, -0.25) is 4.90 Å². The van der Waals surface area contributed by atoms with E-state index in [0.29, 0.717) is 11.0 Å². The van der Waals surface area contributed by atoms with Crippen molar-refractivity contribution in [2.24, 2.45) is 11.3 Å². The van der Waals surface area contributed by atoms with Gasteiger partial charge in [-0.05, 0) is 45.1 Å². The smallest absolute Gasteiger partial charge is 0.0126 e. The molecule has 0 aromatic rings. The van der Waals surface area contributed by atoms with Gasteiger partial charge in [-0.1, -0.05) is 20.8 Å². The monoisotopic (exact) mass is 295 g/mol. The van der Waals surface area contributed by atoms with Crippen LogP contribution in [0.3, 0.4) is 0 Å². The highest BCUT2D eigenvalue weighted by molar-refractivity contribution is 4.87. The summed E-state index contributed by atoms with van der Waals surface area (Å²) in [6.07, 6.45) is 1.32. The third-order valence-corrected chi connectivity index (χ3v) is 5.05. The van der Waals surface area contributed by atoms with Crippen LogP contribution >= 0.6 is 0 Å². The van der Waals surface area contributed by atoms with Crippen LogP contribution < -0.4 is 0 Å². The molecular formula is C18H37N3. The predicted molar refractivity (Wildman–Crippen MR) is 91.8 cm³/mol. The van der Waals surface area contributed by atoms with Crippen molar-refractivity contribution in [2.45, 2.75) is 53.5 Å². The van der Waals surface area contributed by atoms with Crippen molar-refractivity contribution in [1.82, 2.24) is 14.7 Å². The van der Waals surface area contributed by atoms with Crippen LogP contribution in [0.2, 0.25) is 0 Å². The molecule has 0 aromatic heterocycles. The lowest BCUT2D eigenvalue weighted by molar-refractivity contribution is 0.0213. The van der Waals surface area contributed by atoms with Crippen molar-refractivity contribution < 1.29 is 0 Å². The molecule has 2 aliphatic rings. The van der Waals surface area contributed by atoms with Crippen LogP contribution in [0.5, 0.6) is 0 Å². The summed E-state index contributed by atoms with van der Waals surface area (Å²) in [5, 5.41) is 0. The fourth-order valence-corrected chi connectivity index (χ4v) is 3.43. The highest BCUT2D eigenvalue weighted by Gasteiger charge is 2.31. The van der Waals surface area contributed by atoms with Crippen LogP contribution in [0.15, 0.2) is 0 Å². The van der Waals surface area contributed by atoms with Gasteiger partial charge in [0.25, 0.3) is 0 Å². The first kappa shape index (κ1) is 17.2. The van der Waals surface area contributed by atoms with E-state index in [1.54, 1.807) is 0 Å². The minimum absolute atomic E-state index is 0.340. The highest BCUT2D eigenvalue weighted by Crippen LogP contribution is 2.24. The summed E-state index contributed by atoms with van der Waals surface area (Å²) in [5.74, 6) is 0.922. The zero-order valence-corrected chi connectivity index (χ0v) is 15.3. The van der Waals surface area contributed by atoms with Crippen molar-refractivity contribution in [3.63, 3.8) is 0 Å². The summed E-state index contributed by atoms with van der Waals surface area (Å²) in [5.41, 5.74) is 0.820. The van der Waals surface area contributed by atoms with Crippen molar-refractivity contribution >= 4 is 0 Å². The van der Waals surface area contributed by atoms with Gasteiger partial charge >= 0.3 is 0 Å². The third kappa shape index (κ3) is 5.54. The molecule has 0 unspecified atom stereocenters. The third-order valence-electron chi connectivity index (χ3n) is 5.05. The Morgan fingerprint density at radius 2 is 1.38 bits per heavy atom. The predicted octanol–water partition coefficient (Wildman–Crippen LogP) is 2.77. The van der Waals surface area contributed by atoms with Gasteiger partial charge < -0.3 is 9.80 Å². The van der Waals surface area contributed by atoms with Gasteiger partial charge in [-0.15, -0.1) is 0 Å². The molecule has 2 rings (SSSR count). The Bertz CT molecular complexity index is 312. The molecular weight excluding hydrogens is 258 g/mol. The Balaban J connectivity index is 1.59. The number of nitrogens with zero attached hydrogens (tertiary/aromatic N) is 3. The zero-order chi connectivity index (χ0) is 15.7. The first-order valence-electron chi connectivity index (χ1n) is 8.83. The summed E-state index contributed by atoms with van der Waals surface area (Å²) in [6, 6.07) is 0. The quantitative estimate of drug-likeness (QED) is 0.789. The minimum Gasteiger partial charge on any atom is -0.303 e. The molecule has 2 aliphatic heterocycles. The highest BCUT2D eigenvalue weighted by atomic mass is 15.3. The van der Waals surface area contributed by atoms with Crippen LogP contribution in [-0.2, 0) is 0 Å². The summed E-state index contributed by atoms with van der Waals surface area (Å²) in [7, 11) is 0. The van der Waals surface area contributed by atoms with Crippen molar-refractivity contribution in [3.05, 3.63) is 0 Å². The molecule has 3 nitrogen and oxygen atoms in total. The minimum atomic E-state index is 0.340. The summed E-state index contributed by atoms with van der Waals surface area (Å²) in [4.78, 5) is 7.95. The van der Waals surface area contributed by atoms with E-state index in [1.807, 2.05) is 0 Å². The molecule has 0 N–H and O–H groups in total. The molecule has 21 heavy (non-hydrogen) atoms. The molecule has 3 heteroatoms. The second-order valence-corrected chi connectivity index (χ2v) is 9.39. The van der Waals surface area contributed by atoms with Gasteiger partial charge in [0.2, 0.25) is 0 Å². The molecule has 124 valence electrons. The Hall–Kier alpha value is -0.120. The molecule has 0 bridgehead atoms. The maximum Gasteiger partial charge on any atom is 0.0126 e. The lowest BCUT2D eigenvalue weighted by Gasteiger charge is -2.46. The fourth-order valence-electron chi connectivity index (χ4n) is 3.43. The topological polar surface area (TPSA) is 9.72 Å². The van der Waals surface area contributed by atoms with Gasteiger partial charge in [-0.25, -0.2) is 0 Å². The molecule has 0 aliphatic carbocycles.